The van der Waals surface area contributed by atoms with Crippen LogP contribution in [0.4, 0.5) is 24.5 Å². The number of aromatic nitrogens is 1. The van der Waals surface area contributed by atoms with Crippen molar-refractivity contribution in [3.05, 3.63) is 90.0 Å². The molecule has 1 aromatic heterocycles. The largest absolute Gasteiger partial charge is 0.367 e. The second-order valence-electron chi connectivity index (χ2n) is 8.06. The Balaban J connectivity index is 1.40. The van der Waals surface area contributed by atoms with Crippen LogP contribution in [-0.2, 0) is 9.59 Å². The molecule has 1 fully saturated rings. The highest BCUT2D eigenvalue weighted by molar-refractivity contribution is 6.39. The van der Waals surface area contributed by atoms with Crippen LogP contribution >= 0.6 is 0 Å². The Kier molecular flexibility index (Phi) is 7.61. The zero-order chi connectivity index (χ0) is 24.8. The fourth-order valence-corrected chi connectivity index (χ4v) is 4.05. The number of halogens is 3. The van der Waals surface area contributed by atoms with Gasteiger partial charge < -0.3 is 15.5 Å². The summed E-state index contributed by atoms with van der Waals surface area (Å²) in [6.07, 6.45) is 3.33. The second kappa shape index (κ2) is 11.0. The van der Waals surface area contributed by atoms with E-state index in [4.69, 9.17) is 0 Å². The van der Waals surface area contributed by atoms with Crippen molar-refractivity contribution in [1.82, 2.24) is 15.2 Å². The SMILES string of the molecule is O=C(NC[C@H](c1cccnc1)N1CCN(c2ccccc2F)CC1)C(=O)Nc1ccc(F)cc1F. The molecular formula is C25H24F3N5O2. The number of piperazine rings is 1. The fourth-order valence-electron chi connectivity index (χ4n) is 4.05. The third kappa shape index (κ3) is 5.96. The van der Waals surface area contributed by atoms with Crippen molar-refractivity contribution in [1.29, 1.82) is 0 Å². The van der Waals surface area contributed by atoms with Crippen LogP contribution < -0.4 is 15.5 Å². The summed E-state index contributed by atoms with van der Waals surface area (Å²) in [5.74, 6) is -4.07. The van der Waals surface area contributed by atoms with Crippen molar-refractivity contribution in [3.63, 3.8) is 0 Å². The maximum Gasteiger partial charge on any atom is 0.313 e. The summed E-state index contributed by atoms with van der Waals surface area (Å²) < 4.78 is 41.1. The Bertz CT molecular complexity index is 1190. The lowest BCUT2D eigenvalue weighted by Gasteiger charge is -2.40. The van der Waals surface area contributed by atoms with Crippen LogP contribution in [0.15, 0.2) is 67.0 Å². The van der Waals surface area contributed by atoms with E-state index in [1.807, 2.05) is 11.0 Å². The molecule has 1 atom stereocenters. The van der Waals surface area contributed by atoms with Crippen LogP contribution in [-0.4, -0.2) is 54.4 Å². The molecule has 0 unspecified atom stereocenters. The number of anilines is 2. The standard InChI is InChI=1S/C25H24F3N5O2/c26-18-7-8-21(20(28)14-18)31-25(35)24(34)30-16-23(17-4-3-9-29-15-17)33-12-10-32(11-13-33)22-6-2-1-5-19(22)27/h1-9,14-15,23H,10-13,16H2,(H,30,34)(H,31,35)/t23-/m1/s1. The van der Waals surface area contributed by atoms with E-state index < -0.39 is 23.4 Å². The topological polar surface area (TPSA) is 77.6 Å². The zero-order valence-electron chi connectivity index (χ0n) is 18.8. The quantitative estimate of drug-likeness (QED) is 0.527. The minimum Gasteiger partial charge on any atom is -0.367 e. The van der Waals surface area contributed by atoms with Gasteiger partial charge >= 0.3 is 11.8 Å². The molecule has 2 amide bonds. The van der Waals surface area contributed by atoms with E-state index in [-0.39, 0.29) is 24.1 Å². The van der Waals surface area contributed by atoms with Gasteiger partial charge in [0.1, 0.15) is 17.5 Å². The van der Waals surface area contributed by atoms with E-state index in [1.165, 1.54) is 6.07 Å². The molecule has 0 aliphatic carbocycles. The number of hydrogen-bond donors (Lipinski definition) is 2. The summed E-state index contributed by atoms with van der Waals surface area (Å²) in [6, 6.07) is 12.6. The molecule has 1 aliphatic heterocycles. The van der Waals surface area contributed by atoms with Gasteiger partial charge in [0.15, 0.2) is 0 Å². The normalized spacial score (nSPS) is 14.9. The molecule has 2 aromatic carbocycles. The number of rotatable bonds is 6. The molecule has 10 heteroatoms. The van der Waals surface area contributed by atoms with Gasteiger partial charge in [0.2, 0.25) is 0 Å². The summed E-state index contributed by atoms with van der Waals surface area (Å²) in [5, 5.41) is 4.74. The second-order valence-corrected chi connectivity index (χ2v) is 8.06. The van der Waals surface area contributed by atoms with Crippen LogP contribution in [0.3, 0.4) is 0 Å². The van der Waals surface area contributed by atoms with Crippen LogP contribution in [0.2, 0.25) is 0 Å². The highest BCUT2D eigenvalue weighted by Gasteiger charge is 2.27. The first-order valence-corrected chi connectivity index (χ1v) is 11.1. The highest BCUT2D eigenvalue weighted by atomic mass is 19.1. The first-order valence-electron chi connectivity index (χ1n) is 11.1. The maximum atomic E-state index is 14.2. The van der Waals surface area contributed by atoms with Gasteiger partial charge in [-0.25, -0.2) is 13.2 Å². The lowest BCUT2D eigenvalue weighted by atomic mass is 10.1. The van der Waals surface area contributed by atoms with E-state index in [1.54, 1.807) is 36.7 Å². The first-order chi connectivity index (χ1) is 16.9. The number of hydrogen-bond acceptors (Lipinski definition) is 5. The average molecular weight is 483 g/mol. The average Bonchev–Trinajstić information content (AvgIpc) is 2.87. The Hall–Kier alpha value is -3.92. The third-order valence-corrected chi connectivity index (χ3v) is 5.86. The summed E-state index contributed by atoms with van der Waals surface area (Å²) >= 11 is 0. The molecule has 3 aromatic rings. The van der Waals surface area contributed by atoms with E-state index >= 15 is 0 Å². The molecule has 1 aliphatic rings. The monoisotopic (exact) mass is 483 g/mol. The summed E-state index contributed by atoms with van der Waals surface area (Å²) in [4.78, 5) is 32.9. The van der Waals surface area contributed by atoms with Gasteiger partial charge in [-0.1, -0.05) is 18.2 Å². The van der Waals surface area contributed by atoms with Crippen molar-refractivity contribution in [3.8, 4) is 0 Å². The predicted molar refractivity (Wildman–Crippen MR) is 125 cm³/mol. The fraction of sp³-hybridized carbons (Fsp3) is 0.240. The van der Waals surface area contributed by atoms with E-state index in [0.717, 1.165) is 17.7 Å². The molecular weight excluding hydrogens is 459 g/mol. The van der Waals surface area contributed by atoms with Crippen molar-refractivity contribution >= 4 is 23.2 Å². The number of amides is 2. The van der Waals surface area contributed by atoms with Gasteiger partial charge in [0, 0.05) is 51.2 Å². The minimum absolute atomic E-state index is 0.101. The zero-order valence-corrected chi connectivity index (χ0v) is 18.8. The maximum absolute atomic E-state index is 14.2. The van der Waals surface area contributed by atoms with Crippen LogP contribution in [0.1, 0.15) is 11.6 Å². The van der Waals surface area contributed by atoms with E-state index in [2.05, 4.69) is 20.5 Å². The Morgan fingerprint density at radius 3 is 2.37 bits per heavy atom. The molecule has 182 valence electrons. The number of nitrogens with zero attached hydrogens (tertiary/aromatic N) is 3. The van der Waals surface area contributed by atoms with E-state index in [0.29, 0.717) is 37.9 Å². The molecule has 2 heterocycles. The molecule has 4 rings (SSSR count). The van der Waals surface area contributed by atoms with Crippen LogP contribution in [0.25, 0.3) is 0 Å². The third-order valence-electron chi connectivity index (χ3n) is 5.86. The number of nitrogens with one attached hydrogen (secondary N) is 2. The van der Waals surface area contributed by atoms with Gasteiger partial charge in [-0.05, 0) is 35.9 Å². The Morgan fingerprint density at radius 2 is 1.69 bits per heavy atom. The number of benzene rings is 2. The van der Waals surface area contributed by atoms with Gasteiger partial charge in [-0.2, -0.15) is 0 Å². The molecule has 0 saturated carbocycles. The summed E-state index contributed by atoms with van der Waals surface area (Å²) in [5.41, 5.74) is 1.10. The molecule has 35 heavy (non-hydrogen) atoms. The van der Waals surface area contributed by atoms with E-state index in [9.17, 15) is 22.8 Å². The summed E-state index contributed by atoms with van der Waals surface area (Å²) in [6.45, 7) is 2.45. The molecule has 1 saturated heterocycles. The lowest BCUT2D eigenvalue weighted by Crippen LogP contribution is -2.50. The molecule has 0 spiro atoms. The first kappa shape index (κ1) is 24.2. The molecule has 0 radical (unpaired) electrons. The minimum atomic E-state index is -1.06. The van der Waals surface area contributed by atoms with Crippen LogP contribution in [0.5, 0.6) is 0 Å². The van der Waals surface area contributed by atoms with Crippen LogP contribution in [0, 0.1) is 17.5 Å². The lowest BCUT2D eigenvalue weighted by molar-refractivity contribution is -0.136. The van der Waals surface area contributed by atoms with Gasteiger partial charge in [-0.15, -0.1) is 0 Å². The molecule has 2 N–H and O–H groups in total. The predicted octanol–water partition coefficient (Wildman–Crippen LogP) is 3.12. The highest BCUT2D eigenvalue weighted by Crippen LogP contribution is 2.25. The Morgan fingerprint density at radius 1 is 0.914 bits per heavy atom. The van der Waals surface area contributed by atoms with Gasteiger partial charge in [-0.3, -0.25) is 19.5 Å². The van der Waals surface area contributed by atoms with Crippen molar-refractivity contribution < 1.29 is 22.8 Å². The molecule has 0 bridgehead atoms. The summed E-state index contributed by atoms with van der Waals surface area (Å²) in [7, 11) is 0. The van der Waals surface area contributed by atoms with Crippen molar-refractivity contribution in [2.75, 3.05) is 42.9 Å². The van der Waals surface area contributed by atoms with Crippen molar-refractivity contribution in [2.45, 2.75) is 6.04 Å². The number of para-hydroxylation sites is 1. The van der Waals surface area contributed by atoms with Gasteiger partial charge in [0.25, 0.3) is 0 Å². The number of carbonyl (C=O) groups is 2. The number of pyridine rings is 1. The smallest absolute Gasteiger partial charge is 0.313 e. The molecule has 7 nitrogen and oxygen atoms in total. The Labute approximate surface area is 200 Å². The van der Waals surface area contributed by atoms with Gasteiger partial charge in [0.05, 0.1) is 17.4 Å². The number of carbonyl (C=O) groups excluding carboxylic acids is 2. The van der Waals surface area contributed by atoms with Crippen molar-refractivity contribution in [2.24, 2.45) is 0 Å².